The Bertz CT molecular complexity index is 1250. The summed E-state index contributed by atoms with van der Waals surface area (Å²) < 4.78 is 7.10. The van der Waals surface area contributed by atoms with Crippen LogP contribution >= 0.6 is 11.6 Å². The first-order valence-corrected chi connectivity index (χ1v) is 9.26. The van der Waals surface area contributed by atoms with Gasteiger partial charge in [0.2, 0.25) is 5.52 Å². The molecule has 0 fully saturated rings. The Morgan fingerprint density at radius 1 is 1.03 bits per heavy atom. The van der Waals surface area contributed by atoms with Crippen molar-refractivity contribution >= 4 is 22.6 Å². The van der Waals surface area contributed by atoms with Gasteiger partial charge in [0.1, 0.15) is 12.4 Å². The molecule has 29 heavy (non-hydrogen) atoms. The number of hydrogen-bond acceptors (Lipinski definition) is 4. The van der Waals surface area contributed by atoms with Crippen molar-refractivity contribution in [1.29, 1.82) is 0 Å². The van der Waals surface area contributed by atoms with E-state index < -0.39 is 5.56 Å². The number of fused-ring (bicyclic) bond motifs is 1. The van der Waals surface area contributed by atoms with E-state index >= 15 is 0 Å². The van der Waals surface area contributed by atoms with Crippen molar-refractivity contribution in [2.75, 3.05) is 7.11 Å². The van der Waals surface area contributed by atoms with Gasteiger partial charge in [0.25, 0.3) is 5.69 Å². The zero-order valence-electron chi connectivity index (χ0n) is 15.5. The monoisotopic (exact) mass is 408 g/mol. The molecule has 0 radical (unpaired) electrons. The number of aromatic nitrogens is 2. The lowest BCUT2D eigenvalue weighted by atomic mass is 10.1. The minimum Gasteiger partial charge on any atom is -0.618 e. The van der Waals surface area contributed by atoms with Crippen molar-refractivity contribution in [2.45, 2.75) is 6.61 Å². The van der Waals surface area contributed by atoms with Gasteiger partial charge in [-0.25, -0.2) is 0 Å². The first-order chi connectivity index (χ1) is 14.1. The summed E-state index contributed by atoms with van der Waals surface area (Å²) in [6.45, 7) is 0.0891. The highest BCUT2D eigenvalue weighted by Gasteiger charge is 2.23. The van der Waals surface area contributed by atoms with Gasteiger partial charge in [-0.3, -0.25) is 4.79 Å². The maximum Gasteiger partial charge on any atom is 0.357 e. The van der Waals surface area contributed by atoms with Crippen LogP contribution in [0.5, 0.6) is 5.75 Å². The van der Waals surface area contributed by atoms with E-state index in [1.807, 2.05) is 24.3 Å². The summed E-state index contributed by atoms with van der Waals surface area (Å²) >= 11 is 6.07. The number of ether oxygens (including phenoxy) is 1. The average molecular weight is 409 g/mol. The van der Waals surface area contributed by atoms with Gasteiger partial charge < -0.3 is 14.8 Å². The molecule has 0 aliphatic heterocycles. The molecule has 0 spiro atoms. The van der Waals surface area contributed by atoms with Crippen LogP contribution in [0, 0.1) is 5.21 Å². The van der Waals surface area contributed by atoms with E-state index in [1.165, 1.54) is 0 Å². The third kappa shape index (κ3) is 3.50. The Morgan fingerprint density at radius 2 is 1.79 bits per heavy atom. The number of nitrogens with zero attached hydrogens (tertiary/aromatic N) is 2. The summed E-state index contributed by atoms with van der Waals surface area (Å²) in [5, 5.41) is 13.4. The molecule has 0 N–H and O–H groups in total. The highest BCUT2D eigenvalue weighted by atomic mass is 35.5. The standard InChI is InChI=1S/C22H17ClN2O4/c1-28-20-12-5-2-7-16(20)14-29-25-19-11-4-3-10-18(19)24(27)21(22(25)26)15-8-6-9-17(23)13-15/h2-13H,14H2,1H3. The Labute approximate surface area is 171 Å². The third-order valence-electron chi connectivity index (χ3n) is 4.55. The van der Waals surface area contributed by atoms with Crippen molar-refractivity contribution in [3.8, 4) is 17.0 Å². The predicted octanol–water partition coefficient (Wildman–Crippen LogP) is 3.59. The van der Waals surface area contributed by atoms with Gasteiger partial charge in [-0.15, -0.1) is 4.73 Å². The van der Waals surface area contributed by atoms with E-state index in [9.17, 15) is 10.0 Å². The van der Waals surface area contributed by atoms with Crippen LogP contribution in [0.4, 0.5) is 0 Å². The van der Waals surface area contributed by atoms with E-state index in [-0.39, 0.29) is 12.3 Å². The Morgan fingerprint density at radius 3 is 2.59 bits per heavy atom. The maximum absolute atomic E-state index is 13.2. The van der Waals surface area contributed by atoms with Crippen LogP contribution in [0.15, 0.2) is 77.6 Å². The molecule has 1 heterocycles. The fraction of sp³-hybridized carbons (Fsp3) is 0.0909. The molecular weight excluding hydrogens is 392 g/mol. The zero-order chi connectivity index (χ0) is 20.4. The van der Waals surface area contributed by atoms with Gasteiger partial charge in [-0.05, 0) is 30.3 Å². The molecule has 146 valence electrons. The number of rotatable bonds is 5. The van der Waals surface area contributed by atoms with Gasteiger partial charge >= 0.3 is 5.56 Å². The molecule has 4 aromatic rings. The smallest absolute Gasteiger partial charge is 0.357 e. The second-order valence-corrected chi connectivity index (χ2v) is 6.76. The number of para-hydroxylation sites is 3. The summed E-state index contributed by atoms with van der Waals surface area (Å²) in [6.07, 6.45) is 0. The lowest BCUT2D eigenvalue weighted by molar-refractivity contribution is -0.566. The normalized spacial score (nSPS) is 10.8. The third-order valence-corrected chi connectivity index (χ3v) is 4.78. The number of hydrogen-bond donors (Lipinski definition) is 0. The van der Waals surface area contributed by atoms with Crippen LogP contribution < -0.4 is 19.9 Å². The van der Waals surface area contributed by atoms with Gasteiger partial charge in [-0.1, -0.05) is 48.0 Å². The van der Waals surface area contributed by atoms with Crippen LogP contribution in [-0.4, -0.2) is 11.8 Å². The summed E-state index contributed by atoms with van der Waals surface area (Å²) in [7, 11) is 1.57. The van der Waals surface area contributed by atoms with Crippen LogP contribution in [0.1, 0.15) is 5.56 Å². The molecule has 0 aliphatic rings. The van der Waals surface area contributed by atoms with Crippen molar-refractivity contribution < 1.29 is 14.3 Å². The van der Waals surface area contributed by atoms with Crippen LogP contribution in [0.3, 0.4) is 0 Å². The van der Waals surface area contributed by atoms with Crippen molar-refractivity contribution in [2.24, 2.45) is 0 Å². The van der Waals surface area contributed by atoms with Crippen molar-refractivity contribution in [3.63, 3.8) is 0 Å². The largest absolute Gasteiger partial charge is 0.618 e. The quantitative estimate of drug-likeness (QED) is 0.374. The van der Waals surface area contributed by atoms with Gasteiger partial charge in [-0.2, -0.15) is 4.73 Å². The van der Waals surface area contributed by atoms with Crippen LogP contribution in [0.2, 0.25) is 5.02 Å². The Kier molecular flexibility index (Phi) is 5.10. The molecule has 0 atom stereocenters. The molecule has 3 aromatic carbocycles. The van der Waals surface area contributed by atoms with E-state index in [0.29, 0.717) is 32.1 Å². The predicted molar refractivity (Wildman–Crippen MR) is 111 cm³/mol. The topological polar surface area (TPSA) is 67.4 Å². The molecule has 4 rings (SSSR count). The van der Waals surface area contributed by atoms with Crippen LogP contribution in [-0.2, 0) is 6.61 Å². The summed E-state index contributed by atoms with van der Waals surface area (Å²) in [5.74, 6) is 0.648. The van der Waals surface area contributed by atoms with Crippen molar-refractivity contribution in [3.05, 3.63) is 98.9 Å². The van der Waals surface area contributed by atoms with E-state index in [1.54, 1.807) is 55.6 Å². The molecule has 7 heteroatoms. The second-order valence-electron chi connectivity index (χ2n) is 6.33. The number of methoxy groups -OCH3 is 1. The maximum atomic E-state index is 13.2. The molecule has 0 saturated carbocycles. The van der Waals surface area contributed by atoms with Gasteiger partial charge in [0, 0.05) is 16.7 Å². The summed E-state index contributed by atoms with van der Waals surface area (Å²) in [4.78, 5) is 19.1. The molecule has 0 unspecified atom stereocenters. The fourth-order valence-corrected chi connectivity index (χ4v) is 3.37. The lowest BCUT2D eigenvalue weighted by Gasteiger charge is -2.15. The van der Waals surface area contributed by atoms with Gasteiger partial charge in [0.05, 0.1) is 12.7 Å². The highest BCUT2D eigenvalue weighted by molar-refractivity contribution is 6.30. The molecule has 6 nitrogen and oxygen atoms in total. The first-order valence-electron chi connectivity index (χ1n) is 8.88. The van der Waals surface area contributed by atoms with Crippen molar-refractivity contribution in [1.82, 2.24) is 4.73 Å². The fourth-order valence-electron chi connectivity index (χ4n) is 3.18. The molecule has 1 aromatic heterocycles. The van der Waals surface area contributed by atoms with Crippen LogP contribution in [0.25, 0.3) is 22.3 Å². The summed E-state index contributed by atoms with van der Waals surface area (Å²) in [6, 6.07) is 20.7. The zero-order valence-corrected chi connectivity index (χ0v) is 16.3. The molecule has 0 aliphatic carbocycles. The highest BCUT2D eigenvalue weighted by Crippen LogP contribution is 2.20. The summed E-state index contributed by atoms with van der Waals surface area (Å²) in [5.41, 5.74) is 1.23. The second kappa shape index (κ2) is 7.85. The Hall–Kier alpha value is -3.51. The van der Waals surface area contributed by atoms with Gasteiger partial charge in [0.15, 0.2) is 5.52 Å². The first kappa shape index (κ1) is 18.8. The molecular formula is C22H17ClN2O4. The minimum absolute atomic E-state index is 0.0637. The minimum atomic E-state index is -0.573. The van der Waals surface area contributed by atoms with E-state index in [4.69, 9.17) is 21.2 Å². The Balaban J connectivity index is 1.88. The molecule has 0 amide bonds. The number of halogens is 1. The SMILES string of the molecule is COc1ccccc1COn1c(=O)c(-c2cccc(Cl)c2)[n+]([O-])c2ccccc21. The van der Waals surface area contributed by atoms with E-state index in [2.05, 4.69) is 0 Å². The number of benzene rings is 3. The average Bonchev–Trinajstić information content (AvgIpc) is 2.74. The van der Waals surface area contributed by atoms with E-state index in [0.717, 1.165) is 10.3 Å². The molecule has 0 saturated heterocycles. The molecule has 0 bridgehead atoms. The lowest BCUT2D eigenvalue weighted by Crippen LogP contribution is -2.42.